The Morgan fingerprint density at radius 1 is 1.25 bits per heavy atom. The quantitative estimate of drug-likeness (QED) is 0.774. The van der Waals surface area contributed by atoms with Gasteiger partial charge in [0.05, 0.1) is 6.54 Å². The predicted molar refractivity (Wildman–Crippen MR) is 61.4 cm³/mol. The van der Waals surface area contributed by atoms with E-state index in [1.54, 1.807) is 0 Å². The van der Waals surface area contributed by atoms with E-state index in [0.717, 1.165) is 32.7 Å². The van der Waals surface area contributed by atoms with Crippen LogP contribution in [-0.4, -0.2) is 54.9 Å². The van der Waals surface area contributed by atoms with Crippen LogP contribution >= 0.6 is 0 Å². The zero-order valence-electron chi connectivity index (χ0n) is 9.94. The number of likely N-dealkylation sites (N-methyl/N-ethyl adjacent to an activating group) is 1. The van der Waals surface area contributed by atoms with E-state index in [1.165, 1.54) is 0 Å². The lowest BCUT2D eigenvalue weighted by atomic mass is 10.3. The Morgan fingerprint density at radius 2 is 2.00 bits per heavy atom. The fourth-order valence-electron chi connectivity index (χ4n) is 1.67. The number of hydrogen-bond donors (Lipinski definition) is 1. The summed E-state index contributed by atoms with van der Waals surface area (Å²) in [5, 5.41) is 11.2. The number of nitrogens with zero attached hydrogens (tertiary/aromatic N) is 4. The summed E-state index contributed by atoms with van der Waals surface area (Å²) in [4.78, 5) is 4.44. The summed E-state index contributed by atoms with van der Waals surface area (Å²) >= 11 is 0. The third-order valence-electron chi connectivity index (χ3n) is 2.76. The Balaban J connectivity index is 1.91. The average Bonchev–Trinajstić information content (AvgIpc) is 2.76. The van der Waals surface area contributed by atoms with Crippen LogP contribution in [0.25, 0.3) is 0 Å². The summed E-state index contributed by atoms with van der Waals surface area (Å²) in [6.45, 7) is 7.62. The number of aromatic nitrogens is 2. The van der Waals surface area contributed by atoms with Crippen LogP contribution in [0.5, 0.6) is 0 Å². The fourth-order valence-corrected chi connectivity index (χ4v) is 1.67. The van der Waals surface area contributed by atoms with Gasteiger partial charge in [0.25, 0.3) is 0 Å². The minimum absolute atomic E-state index is 0.650. The molecule has 6 nitrogen and oxygen atoms in total. The van der Waals surface area contributed by atoms with E-state index in [4.69, 9.17) is 4.42 Å². The van der Waals surface area contributed by atoms with Crippen molar-refractivity contribution in [2.24, 2.45) is 0 Å². The second kappa shape index (κ2) is 5.27. The minimum atomic E-state index is 0.650. The van der Waals surface area contributed by atoms with Crippen LogP contribution in [0.4, 0.5) is 6.01 Å². The van der Waals surface area contributed by atoms with E-state index >= 15 is 0 Å². The van der Waals surface area contributed by atoms with Crippen molar-refractivity contribution in [2.45, 2.75) is 13.5 Å². The molecule has 1 aromatic rings. The largest absolute Gasteiger partial charge is 0.407 e. The van der Waals surface area contributed by atoms with E-state index in [9.17, 15) is 0 Å². The number of nitrogens with one attached hydrogen (secondary N) is 1. The van der Waals surface area contributed by atoms with Crippen molar-refractivity contribution in [3.05, 3.63) is 5.89 Å². The molecule has 0 aromatic carbocycles. The van der Waals surface area contributed by atoms with E-state index < -0.39 is 0 Å². The van der Waals surface area contributed by atoms with Crippen LogP contribution in [0.2, 0.25) is 0 Å². The van der Waals surface area contributed by atoms with Gasteiger partial charge in [-0.15, -0.1) is 5.10 Å². The summed E-state index contributed by atoms with van der Waals surface area (Å²) in [5.41, 5.74) is 0. The van der Waals surface area contributed by atoms with Gasteiger partial charge < -0.3 is 19.5 Å². The normalized spacial score (nSPS) is 18.0. The van der Waals surface area contributed by atoms with E-state index in [1.807, 2.05) is 0 Å². The number of piperazine rings is 1. The summed E-state index contributed by atoms with van der Waals surface area (Å²) in [6.07, 6.45) is 0. The Labute approximate surface area is 95.6 Å². The van der Waals surface area contributed by atoms with Gasteiger partial charge in [-0.2, -0.15) is 0 Å². The molecule has 0 radical (unpaired) electrons. The van der Waals surface area contributed by atoms with Crippen LogP contribution in [0.1, 0.15) is 12.8 Å². The molecule has 0 amide bonds. The highest BCUT2D eigenvalue weighted by Gasteiger charge is 2.18. The van der Waals surface area contributed by atoms with Crippen molar-refractivity contribution >= 4 is 6.01 Å². The minimum Gasteiger partial charge on any atom is -0.407 e. The van der Waals surface area contributed by atoms with Crippen LogP contribution in [0, 0.1) is 0 Å². The zero-order chi connectivity index (χ0) is 11.4. The molecule has 16 heavy (non-hydrogen) atoms. The van der Waals surface area contributed by atoms with Gasteiger partial charge >= 0.3 is 6.01 Å². The van der Waals surface area contributed by atoms with Gasteiger partial charge in [0, 0.05) is 26.2 Å². The lowest BCUT2D eigenvalue weighted by molar-refractivity contribution is 0.303. The second-order valence-corrected chi connectivity index (χ2v) is 4.05. The van der Waals surface area contributed by atoms with Gasteiger partial charge in [0.15, 0.2) is 0 Å². The molecule has 0 atom stereocenters. The third kappa shape index (κ3) is 2.70. The standard InChI is InChI=1S/C10H19N5O/c1-3-11-8-9-12-13-10(16-9)15-6-4-14(2)5-7-15/h11H,3-8H2,1-2H3. The zero-order valence-corrected chi connectivity index (χ0v) is 9.94. The van der Waals surface area contributed by atoms with Gasteiger partial charge in [-0.05, 0) is 13.6 Å². The Morgan fingerprint density at radius 3 is 2.69 bits per heavy atom. The molecular weight excluding hydrogens is 206 g/mol. The van der Waals surface area contributed by atoms with E-state index in [2.05, 4.69) is 39.3 Å². The molecule has 0 bridgehead atoms. The number of hydrogen-bond acceptors (Lipinski definition) is 6. The van der Waals surface area contributed by atoms with E-state index in [-0.39, 0.29) is 0 Å². The topological polar surface area (TPSA) is 57.4 Å². The SMILES string of the molecule is CCNCc1nnc(N2CCN(C)CC2)o1. The molecule has 1 saturated heterocycles. The van der Waals surface area contributed by atoms with Crippen molar-refractivity contribution in [3.8, 4) is 0 Å². The first-order valence-electron chi connectivity index (χ1n) is 5.76. The lowest BCUT2D eigenvalue weighted by Crippen LogP contribution is -2.44. The summed E-state index contributed by atoms with van der Waals surface area (Å²) in [6, 6.07) is 0.654. The second-order valence-electron chi connectivity index (χ2n) is 4.05. The van der Waals surface area contributed by atoms with Crippen LogP contribution < -0.4 is 10.2 Å². The van der Waals surface area contributed by atoms with Crippen molar-refractivity contribution in [3.63, 3.8) is 0 Å². The van der Waals surface area contributed by atoms with Crippen molar-refractivity contribution in [1.82, 2.24) is 20.4 Å². The molecule has 0 unspecified atom stereocenters. The lowest BCUT2D eigenvalue weighted by Gasteiger charge is -2.30. The molecule has 1 fully saturated rings. The molecule has 2 rings (SSSR count). The molecule has 1 aromatic heterocycles. The predicted octanol–water partition coefficient (Wildman–Crippen LogP) is -0.0691. The summed E-state index contributed by atoms with van der Waals surface area (Å²) in [5.74, 6) is 0.663. The van der Waals surface area contributed by atoms with Gasteiger partial charge in [-0.25, -0.2) is 0 Å². The molecule has 1 aliphatic rings. The average molecular weight is 225 g/mol. The number of rotatable bonds is 4. The summed E-state index contributed by atoms with van der Waals surface area (Å²) < 4.78 is 5.58. The van der Waals surface area contributed by atoms with Crippen LogP contribution in [0.3, 0.4) is 0 Å². The van der Waals surface area contributed by atoms with E-state index in [0.29, 0.717) is 18.5 Å². The maximum atomic E-state index is 5.58. The maximum Gasteiger partial charge on any atom is 0.318 e. The van der Waals surface area contributed by atoms with Crippen molar-refractivity contribution in [2.75, 3.05) is 44.7 Å². The highest BCUT2D eigenvalue weighted by atomic mass is 16.4. The number of anilines is 1. The highest BCUT2D eigenvalue weighted by molar-refractivity contribution is 5.24. The highest BCUT2D eigenvalue weighted by Crippen LogP contribution is 2.13. The Hall–Kier alpha value is -1.14. The van der Waals surface area contributed by atoms with Gasteiger partial charge in [-0.3, -0.25) is 0 Å². The third-order valence-corrected chi connectivity index (χ3v) is 2.76. The molecular formula is C10H19N5O. The molecule has 0 saturated carbocycles. The first-order valence-corrected chi connectivity index (χ1v) is 5.76. The summed E-state index contributed by atoms with van der Waals surface area (Å²) in [7, 11) is 2.13. The van der Waals surface area contributed by atoms with Gasteiger partial charge in [0.1, 0.15) is 0 Å². The smallest absolute Gasteiger partial charge is 0.318 e. The molecule has 90 valence electrons. The molecule has 0 aliphatic carbocycles. The monoisotopic (exact) mass is 225 g/mol. The molecule has 0 spiro atoms. The Kier molecular flexibility index (Phi) is 3.74. The maximum absolute atomic E-state index is 5.58. The molecule has 1 aliphatic heterocycles. The van der Waals surface area contributed by atoms with Crippen LogP contribution in [0.15, 0.2) is 4.42 Å². The van der Waals surface area contributed by atoms with Gasteiger partial charge in [0.2, 0.25) is 5.89 Å². The molecule has 1 N–H and O–H groups in total. The van der Waals surface area contributed by atoms with Crippen molar-refractivity contribution < 1.29 is 4.42 Å². The Bertz CT molecular complexity index is 319. The molecule has 2 heterocycles. The van der Waals surface area contributed by atoms with Crippen LogP contribution in [-0.2, 0) is 6.54 Å². The first kappa shape index (κ1) is 11.3. The fraction of sp³-hybridized carbons (Fsp3) is 0.800. The van der Waals surface area contributed by atoms with Crippen molar-refractivity contribution in [1.29, 1.82) is 0 Å². The van der Waals surface area contributed by atoms with Gasteiger partial charge in [-0.1, -0.05) is 12.0 Å². The molecule has 6 heteroatoms. The first-order chi connectivity index (χ1) is 7.79.